The van der Waals surface area contributed by atoms with Crippen LogP contribution in [0.1, 0.15) is 19.3 Å². The summed E-state index contributed by atoms with van der Waals surface area (Å²) in [7, 11) is -16.0. The Hall–Kier alpha value is 1.38. The smallest absolute Gasteiger partial charge is 0.438 e. The molecule has 0 bridgehead atoms. The minimum absolute atomic E-state index is 0.558. The van der Waals surface area contributed by atoms with E-state index in [1.54, 1.807) is 7.11 Å². The number of nitrogens with zero attached hydrogens (tertiary/aromatic N) is 1. The predicted molar refractivity (Wildman–Crippen MR) is 197 cm³/mol. The van der Waals surface area contributed by atoms with E-state index in [1.807, 2.05) is 0 Å². The van der Waals surface area contributed by atoms with Crippen molar-refractivity contribution in [1.82, 2.24) is 4.90 Å². The Labute approximate surface area is 269 Å². The summed E-state index contributed by atoms with van der Waals surface area (Å²) in [5, 5.41) is 0. The van der Waals surface area contributed by atoms with E-state index in [0.29, 0.717) is 6.04 Å². The van der Waals surface area contributed by atoms with E-state index >= 15 is 0 Å². The molecule has 1 atom stereocenters. The third-order valence-electron chi connectivity index (χ3n) is 5.51. The summed E-state index contributed by atoms with van der Waals surface area (Å²) in [5.74, 6) is 0. The van der Waals surface area contributed by atoms with Crippen molar-refractivity contribution in [2.75, 3.05) is 26.7 Å². The van der Waals surface area contributed by atoms with Crippen LogP contribution in [-0.4, -0.2) is 110 Å². The second-order valence-electron chi connectivity index (χ2n) is 16.3. The van der Waals surface area contributed by atoms with Gasteiger partial charge in [-0.05, 0) is 143 Å². The zero-order valence-electron chi connectivity index (χ0n) is 30.2. The van der Waals surface area contributed by atoms with Gasteiger partial charge in [0.1, 0.15) is 0 Å². The van der Waals surface area contributed by atoms with Crippen molar-refractivity contribution in [3.05, 3.63) is 0 Å². The van der Waals surface area contributed by atoms with Gasteiger partial charge in [0.2, 0.25) is 0 Å². The molecule has 42 heavy (non-hydrogen) atoms. The molecule has 0 radical (unpaired) electrons. The highest BCUT2D eigenvalue weighted by molar-refractivity contribution is 6.86. The van der Waals surface area contributed by atoms with E-state index in [0.717, 1.165) is 51.0 Å². The van der Waals surface area contributed by atoms with Gasteiger partial charge < -0.3 is 39.5 Å². The molecule has 254 valence electrons. The SMILES string of the molecule is CO[Si](CCCN(CCC[SiH](O)O[Si](C)(C)C)CCC[Si](O)(O[Si](C)(C)C)O[Si](C)(C)C)(O[Si](C)(C)C)O[Si](C)(C)C. The first-order valence-corrected chi connectivity index (χ1v) is 38.5. The average molecular weight is 737 g/mol. The lowest BCUT2D eigenvalue weighted by molar-refractivity contribution is 0.193. The van der Waals surface area contributed by atoms with E-state index in [9.17, 15) is 9.59 Å². The Balaban J connectivity index is 5.62. The summed E-state index contributed by atoms with van der Waals surface area (Å²) >= 11 is 0. The van der Waals surface area contributed by atoms with Gasteiger partial charge in [-0.25, -0.2) is 0 Å². The van der Waals surface area contributed by atoms with Crippen LogP contribution in [0.25, 0.3) is 0 Å². The molecule has 0 aliphatic heterocycles. The highest BCUT2D eigenvalue weighted by Crippen LogP contribution is 2.27. The lowest BCUT2D eigenvalue weighted by Crippen LogP contribution is -2.56. The van der Waals surface area contributed by atoms with Gasteiger partial charge >= 0.3 is 26.9 Å². The van der Waals surface area contributed by atoms with E-state index in [1.165, 1.54) is 0 Å². The molecular formula is C25H69NO8Si8. The quantitative estimate of drug-likeness (QED) is 0.115. The molecule has 0 saturated carbocycles. The Morgan fingerprint density at radius 3 is 1.29 bits per heavy atom. The zero-order valence-corrected chi connectivity index (χ0v) is 38.4. The molecule has 2 N–H and O–H groups in total. The van der Waals surface area contributed by atoms with Crippen LogP contribution in [0.15, 0.2) is 0 Å². The fourth-order valence-corrected chi connectivity index (χ4v) is 28.8. The fraction of sp³-hybridized carbons (Fsp3) is 1.00. The molecule has 0 aliphatic rings. The van der Waals surface area contributed by atoms with E-state index < -0.39 is 68.5 Å². The Bertz CT molecular complexity index is 732. The summed E-state index contributed by atoms with van der Waals surface area (Å²) in [4.78, 5) is 24.6. The van der Waals surface area contributed by atoms with Crippen LogP contribution >= 0.6 is 0 Å². The molecule has 17 heteroatoms. The van der Waals surface area contributed by atoms with Gasteiger partial charge in [0.25, 0.3) is 0 Å². The zero-order chi connectivity index (χ0) is 33.3. The van der Waals surface area contributed by atoms with Gasteiger partial charge in [-0.15, -0.1) is 0 Å². The number of hydrogen-bond donors (Lipinski definition) is 2. The topological polar surface area (TPSA) is 99.1 Å². The third-order valence-corrected chi connectivity index (χ3v) is 27.7. The van der Waals surface area contributed by atoms with E-state index in [2.05, 4.69) is 103 Å². The molecule has 0 amide bonds. The maximum Gasteiger partial charge on any atom is 0.479 e. The number of hydrogen-bond acceptors (Lipinski definition) is 9. The van der Waals surface area contributed by atoms with Crippen LogP contribution in [0, 0.1) is 0 Å². The molecule has 1 unspecified atom stereocenters. The van der Waals surface area contributed by atoms with Crippen LogP contribution < -0.4 is 0 Å². The van der Waals surface area contributed by atoms with Crippen molar-refractivity contribution in [2.24, 2.45) is 0 Å². The van der Waals surface area contributed by atoms with Crippen molar-refractivity contribution >= 4 is 68.5 Å². The molecule has 0 heterocycles. The molecule has 0 rings (SSSR count). The van der Waals surface area contributed by atoms with Crippen LogP contribution in [0.2, 0.25) is 116 Å². The molecule has 0 aromatic heterocycles. The summed E-state index contributed by atoms with van der Waals surface area (Å²) in [6, 6.07) is 2.08. The maximum absolute atomic E-state index is 11.6. The standard InChI is InChI=1S/C25H69NO8Si8/c1-29-42(33-39(11,12)13,34-40(14,15)16)25-19-22-26(20-17-23-35(27)30-36(2,3)4)21-18-24-41(28,31-37(5,6)7)32-38(8,9)10/h27-28,35H,17-25H2,1-16H3. The van der Waals surface area contributed by atoms with Crippen LogP contribution in [0.3, 0.4) is 0 Å². The summed E-state index contributed by atoms with van der Waals surface area (Å²) < 4.78 is 38.1. The van der Waals surface area contributed by atoms with Crippen molar-refractivity contribution in [1.29, 1.82) is 0 Å². The molecule has 0 fully saturated rings. The normalized spacial score (nSPS) is 15.5. The second kappa shape index (κ2) is 17.5. The van der Waals surface area contributed by atoms with Crippen LogP contribution in [0.5, 0.6) is 0 Å². The molecule has 9 nitrogen and oxygen atoms in total. The molecule has 0 aromatic rings. The maximum atomic E-state index is 11.6. The van der Waals surface area contributed by atoms with Crippen molar-refractivity contribution in [3.63, 3.8) is 0 Å². The first-order valence-electron chi connectivity index (χ1n) is 15.7. The van der Waals surface area contributed by atoms with Crippen molar-refractivity contribution < 1.29 is 34.6 Å². The Kier molecular flexibility index (Phi) is 18.1. The van der Waals surface area contributed by atoms with Gasteiger partial charge in [0, 0.05) is 19.2 Å². The molecular weight excluding hydrogens is 667 g/mol. The molecule has 0 spiro atoms. The molecule has 0 saturated heterocycles. The Morgan fingerprint density at radius 1 is 0.548 bits per heavy atom. The Morgan fingerprint density at radius 2 is 0.929 bits per heavy atom. The minimum Gasteiger partial charge on any atom is -0.438 e. The van der Waals surface area contributed by atoms with Gasteiger partial charge in [-0.2, -0.15) is 0 Å². The van der Waals surface area contributed by atoms with Crippen LogP contribution in [-0.2, 0) is 25.0 Å². The highest BCUT2D eigenvalue weighted by Gasteiger charge is 2.47. The van der Waals surface area contributed by atoms with Crippen LogP contribution in [0.4, 0.5) is 0 Å². The largest absolute Gasteiger partial charge is 0.479 e. The van der Waals surface area contributed by atoms with E-state index in [4.69, 9.17) is 25.0 Å². The van der Waals surface area contributed by atoms with Gasteiger partial charge in [-0.3, -0.25) is 0 Å². The monoisotopic (exact) mass is 735 g/mol. The lowest BCUT2D eigenvalue weighted by atomic mass is 10.3. The van der Waals surface area contributed by atoms with Gasteiger partial charge in [0.15, 0.2) is 41.6 Å². The number of rotatable bonds is 23. The van der Waals surface area contributed by atoms with E-state index in [-0.39, 0.29) is 0 Å². The third kappa shape index (κ3) is 23.7. The summed E-state index contributed by atoms with van der Waals surface area (Å²) in [6.07, 6.45) is 2.59. The first-order chi connectivity index (χ1) is 18.6. The minimum atomic E-state index is -3.28. The first kappa shape index (κ1) is 43.4. The lowest BCUT2D eigenvalue weighted by Gasteiger charge is -2.39. The summed E-state index contributed by atoms with van der Waals surface area (Å²) in [5.41, 5.74) is 0. The fourth-order valence-electron chi connectivity index (χ4n) is 4.66. The average Bonchev–Trinajstić information content (AvgIpc) is 2.66. The second-order valence-corrected chi connectivity index (χ2v) is 47.4. The van der Waals surface area contributed by atoms with Gasteiger partial charge in [-0.1, -0.05) is 0 Å². The van der Waals surface area contributed by atoms with Crippen molar-refractivity contribution in [3.8, 4) is 0 Å². The molecule has 0 aromatic carbocycles. The molecule has 0 aliphatic carbocycles. The highest BCUT2D eigenvalue weighted by atomic mass is 28.5. The van der Waals surface area contributed by atoms with Crippen molar-refractivity contribution in [2.45, 2.75) is 136 Å². The summed E-state index contributed by atoms with van der Waals surface area (Å²) in [6.45, 7) is 34.8. The predicted octanol–water partition coefficient (Wildman–Crippen LogP) is 6.45. The van der Waals surface area contributed by atoms with Gasteiger partial charge in [0.05, 0.1) is 0 Å².